The van der Waals surface area contributed by atoms with Gasteiger partial charge in [0.05, 0.1) is 2.74 Å². The first-order valence-corrected chi connectivity index (χ1v) is 3.57. The van der Waals surface area contributed by atoms with Crippen LogP contribution in [0.4, 0.5) is 0 Å². The molecule has 0 aromatic rings. The molecule has 0 unspecified atom stereocenters. The molecule has 1 aliphatic carbocycles. The van der Waals surface area contributed by atoms with Gasteiger partial charge in [0.15, 0.2) is 0 Å². The zero-order valence-corrected chi connectivity index (χ0v) is 5.85. The Balaban J connectivity index is 2.62. The van der Waals surface area contributed by atoms with E-state index in [-0.39, 0.29) is 0 Å². The smallest absolute Gasteiger partial charge is 0.0567 e. The predicted octanol–water partition coefficient (Wildman–Crippen LogP) is 1.80. The molecule has 1 aliphatic rings. The van der Waals surface area contributed by atoms with Crippen molar-refractivity contribution in [3.05, 3.63) is 0 Å². The Hall–Kier alpha value is -0.0400. The molecule has 0 saturated heterocycles. The molecule has 0 amide bonds. The molecule has 0 heterocycles. The topological polar surface area (TPSA) is 20.2 Å². The van der Waals surface area contributed by atoms with Crippen LogP contribution in [0.25, 0.3) is 0 Å². The largest absolute Gasteiger partial charge is 0.396 e. The molecule has 0 atom stereocenters. The second-order valence-electron chi connectivity index (χ2n) is 2.90. The van der Waals surface area contributed by atoms with Crippen molar-refractivity contribution in [2.45, 2.75) is 32.6 Å². The number of aliphatic hydroxyl groups is 1. The fourth-order valence-electron chi connectivity index (χ4n) is 1.22. The molecular weight excluding hydrogens is 112 g/mol. The van der Waals surface area contributed by atoms with Gasteiger partial charge in [-0.3, -0.25) is 0 Å². The summed E-state index contributed by atoms with van der Waals surface area (Å²) in [5.41, 5.74) is 0. The molecular formula is C8H16O. The lowest BCUT2D eigenvalue weighted by Gasteiger charge is -2.23. The summed E-state index contributed by atoms with van der Waals surface area (Å²) < 4.78 is 22.0. The van der Waals surface area contributed by atoms with Crippen LogP contribution < -0.4 is 0 Å². The highest BCUT2D eigenvalue weighted by Gasteiger charge is 2.16. The van der Waals surface area contributed by atoms with E-state index in [1.54, 1.807) is 0 Å². The molecule has 1 fully saturated rings. The fraction of sp³-hybridized carbons (Fsp3) is 1.00. The third kappa shape index (κ3) is 1.98. The SMILES string of the molecule is [2H]C([2H])(O)C1([2H])CCC(C)CC1. The fourth-order valence-corrected chi connectivity index (χ4v) is 1.22. The van der Waals surface area contributed by atoms with Crippen LogP contribution in [-0.4, -0.2) is 11.7 Å². The van der Waals surface area contributed by atoms with Crippen molar-refractivity contribution in [3.8, 4) is 0 Å². The van der Waals surface area contributed by atoms with Crippen LogP contribution >= 0.6 is 0 Å². The van der Waals surface area contributed by atoms with Gasteiger partial charge in [-0.25, -0.2) is 0 Å². The molecule has 1 nitrogen and oxygen atoms in total. The minimum atomic E-state index is -2.34. The van der Waals surface area contributed by atoms with Crippen LogP contribution in [0.3, 0.4) is 0 Å². The van der Waals surface area contributed by atoms with Gasteiger partial charge in [0, 0.05) is 7.93 Å². The maximum atomic E-state index is 9.13. The Morgan fingerprint density at radius 1 is 1.56 bits per heavy atom. The Labute approximate surface area is 61.3 Å². The lowest BCUT2D eigenvalue weighted by Crippen LogP contribution is -2.14. The van der Waals surface area contributed by atoms with E-state index in [2.05, 4.69) is 6.92 Å². The molecule has 9 heavy (non-hydrogen) atoms. The normalized spacial score (nSPS) is 51.3. The van der Waals surface area contributed by atoms with Crippen molar-refractivity contribution < 1.29 is 9.22 Å². The highest BCUT2D eigenvalue weighted by molar-refractivity contribution is 4.68. The second-order valence-corrected chi connectivity index (χ2v) is 2.90. The average Bonchev–Trinajstić information content (AvgIpc) is 1.93. The average molecular weight is 131 g/mol. The third-order valence-corrected chi connectivity index (χ3v) is 2.04. The summed E-state index contributed by atoms with van der Waals surface area (Å²) in [5, 5.41) is 9.13. The Morgan fingerprint density at radius 3 is 2.56 bits per heavy atom. The second kappa shape index (κ2) is 3.21. The Bertz CT molecular complexity index is 156. The first kappa shape index (κ1) is 3.97. The molecule has 54 valence electrons. The van der Waals surface area contributed by atoms with Gasteiger partial charge in [0.2, 0.25) is 0 Å². The molecule has 0 aromatic carbocycles. The van der Waals surface area contributed by atoms with Crippen LogP contribution in [0.5, 0.6) is 0 Å². The first-order valence-electron chi connectivity index (χ1n) is 5.07. The zero-order chi connectivity index (χ0) is 9.41. The summed E-state index contributed by atoms with van der Waals surface area (Å²) in [5.74, 6) is -0.690. The van der Waals surface area contributed by atoms with E-state index in [0.29, 0.717) is 18.8 Å². The van der Waals surface area contributed by atoms with Crippen molar-refractivity contribution >= 4 is 0 Å². The van der Waals surface area contributed by atoms with Gasteiger partial charge in [-0.1, -0.05) is 19.8 Å². The van der Waals surface area contributed by atoms with Crippen molar-refractivity contribution in [1.82, 2.24) is 0 Å². The quantitative estimate of drug-likeness (QED) is 0.575. The van der Waals surface area contributed by atoms with E-state index >= 15 is 0 Å². The van der Waals surface area contributed by atoms with Gasteiger partial charge in [-0.2, -0.15) is 0 Å². The van der Waals surface area contributed by atoms with Crippen molar-refractivity contribution in [1.29, 1.82) is 0 Å². The first-order chi connectivity index (χ1) is 5.35. The van der Waals surface area contributed by atoms with Gasteiger partial charge in [0.25, 0.3) is 0 Å². The highest BCUT2D eigenvalue weighted by atomic mass is 16.3. The molecule has 1 N–H and O–H groups in total. The lowest BCUT2D eigenvalue weighted by atomic mass is 9.84. The summed E-state index contributed by atoms with van der Waals surface area (Å²) in [4.78, 5) is 0. The van der Waals surface area contributed by atoms with E-state index in [1.807, 2.05) is 0 Å². The maximum absolute atomic E-state index is 9.13. The summed E-state index contributed by atoms with van der Waals surface area (Å²) in [6.45, 7) is -0.236. The van der Waals surface area contributed by atoms with E-state index < -0.39 is 12.5 Å². The predicted molar refractivity (Wildman–Crippen MR) is 38.2 cm³/mol. The highest BCUT2D eigenvalue weighted by Crippen LogP contribution is 2.27. The summed E-state index contributed by atoms with van der Waals surface area (Å²) in [7, 11) is 0. The molecule has 0 radical (unpaired) electrons. The van der Waals surface area contributed by atoms with Crippen LogP contribution in [0.1, 0.15) is 36.7 Å². The summed E-state index contributed by atoms with van der Waals surface area (Å²) >= 11 is 0. The van der Waals surface area contributed by atoms with Gasteiger partial charge in [-0.05, 0) is 24.7 Å². The molecule has 0 bridgehead atoms. The summed E-state index contributed by atoms with van der Waals surface area (Å²) in [6, 6.07) is 0. The molecule has 1 heteroatoms. The monoisotopic (exact) mass is 131 g/mol. The third-order valence-electron chi connectivity index (χ3n) is 2.04. The van der Waals surface area contributed by atoms with Crippen LogP contribution in [0.15, 0.2) is 0 Å². The minimum Gasteiger partial charge on any atom is -0.396 e. The molecule has 0 aliphatic heterocycles. The van der Waals surface area contributed by atoms with E-state index in [4.69, 9.17) is 9.22 Å². The van der Waals surface area contributed by atoms with E-state index in [0.717, 1.165) is 12.8 Å². The van der Waals surface area contributed by atoms with Crippen LogP contribution in [0, 0.1) is 11.8 Å². The van der Waals surface area contributed by atoms with Crippen LogP contribution in [0.2, 0.25) is 0 Å². The van der Waals surface area contributed by atoms with Gasteiger partial charge < -0.3 is 5.11 Å². The Morgan fingerprint density at radius 2 is 2.11 bits per heavy atom. The van der Waals surface area contributed by atoms with E-state index in [9.17, 15) is 0 Å². The van der Waals surface area contributed by atoms with Gasteiger partial charge in [0.1, 0.15) is 0 Å². The maximum Gasteiger partial charge on any atom is 0.0567 e. The molecule has 1 saturated carbocycles. The molecule has 1 rings (SSSR count). The number of hydrogen-bond donors (Lipinski definition) is 1. The standard InChI is InChI=1S/C8H16O/c1-7-2-4-8(6-9)5-3-7/h7-9H,2-6H2,1H3/i6D2,8D. The van der Waals surface area contributed by atoms with Crippen molar-refractivity contribution in [2.24, 2.45) is 11.8 Å². The van der Waals surface area contributed by atoms with Gasteiger partial charge in [-0.15, -0.1) is 0 Å². The Kier molecular flexibility index (Phi) is 1.42. The van der Waals surface area contributed by atoms with Crippen LogP contribution in [-0.2, 0) is 0 Å². The zero-order valence-electron chi connectivity index (χ0n) is 8.85. The minimum absolute atomic E-state index is 0.470. The molecule has 0 spiro atoms. The number of hydrogen-bond acceptors (Lipinski definition) is 1. The van der Waals surface area contributed by atoms with Crippen molar-refractivity contribution in [2.75, 3.05) is 6.56 Å². The van der Waals surface area contributed by atoms with E-state index in [1.165, 1.54) is 0 Å². The van der Waals surface area contributed by atoms with Crippen molar-refractivity contribution in [3.63, 3.8) is 0 Å². The lowest BCUT2D eigenvalue weighted by molar-refractivity contribution is 0.172. The summed E-state index contributed by atoms with van der Waals surface area (Å²) in [6.07, 6.45) is 2.64. The van der Waals surface area contributed by atoms with Gasteiger partial charge >= 0.3 is 0 Å². The number of rotatable bonds is 1. The molecule has 0 aromatic heterocycles.